The number of ether oxygens (including phenoxy) is 1. The van der Waals surface area contributed by atoms with Crippen LogP contribution >= 0.6 is 0 Å². The Morgan fingerprint density at radius 3 is 2.73 bits per heavy atom. The van der Waals surface area contributed by atoms with Crippen LogP contribution in [-0.2, 0) is 0 Å². The number of carbonyl (C=O) groups is 1. The zero-order valence-electron chi connectivity index (χ0n) is 14.4. The van der Waals surface area contributed by atoms with Crippen LogP contribution in [0.15, 0.2) is 48.8 Å². The molecule has 0 unspecified atom stereocenters. The lowest BCUT2D eigenvalue weighted by Gasteiger charge is -2.25. The van der Waals surface area contributed by atoms with Gasteiger partial charge in [0.15, 0.2) is 5.69 Å². The molecule has 7 nitrogen and oxygen atoms in total. The number of aromatic nitrogens is 4. The Morgan fingerprint density at radius 2 is 2.12 bits per heavy atom. The van der Waals surface area contributed by atoms with Gasteiger partial charge in [0, 0.05) is 18.3 Å². The molecule has 3 aromatic heterocycles. The van der Waals surface area contributed by atoms with Gasteiger partial charge in [-0.15, -0.1) is 0 Å². The van der Waals surface area contributed by atoms with Gasteiger partial charge in [0.05, 0.1) is 30.4 Å². The van der Waals surface area contributed by atoms with Crippen molar-refractivity contribution in [1.82, 2.24) is 25.1 Å². The normalized spacial score (nSPS) is 13.9. The SMILES string of the molecule is COc1ccc(-n2nc(C(=O)NC3CCC3)cc2-c2ccccn2)cn1. The lowest BCUT2D eigenvalue weighted by Crippen LogP contribution is -2.39. The number of hydrogen-bond acceptors (Lipinski definition) is 5. The van der Waals surface area contributed by atoms with Gasteiger partial charge < -0.3 is 10.1 Å². The van der Waals surface area contributed by atoms with E-state index in [0.29, 0.717) is 11.6 Å². The molecule has 26 heavy (non-hydrogen) atoms. The maximum atomic E-state index is 12.5. The monoisotopic (exact) mass is 349 g/mol. The van der Waals surface area contributed by atoms with Gasteiger partial charge >= 0.3 is 0 Å². The Labute approximate surface area is 151 Å². The van der Waals surface area contributed by atoms with Gasteiger partial charge in [-0.2, -0.15) is 5.10 Å². The summed E-state index contributed by atoms with van der Waals surface area (Å²) in [5, 5.41) is 7.53. The van der Waals surface area contributed by atoms with Gasteiger partial charge in [-0.25, -0.2) is 9.67 Å². The van der Waals surface area contributed by atoms with E-state index in [4.69, 9.17) is 4.74 Å². The van der Waals surface area contributed by atoms with Gasteiger partial charge in [-0.1, -0.05) is 6.07 Å². The maximum Gasteiger partial charge on any atom is 0.272 e. The van der Waals surface area contributed by atoms with Crippen molar-refractivity contribution in [2.75, 3.05) is 7.11 Å². The minimum atomic E-state index is -0.160. The third kappa shape index (κ3) is 3.15. The van der Waals surface area contributed by atoms with Gasteiger partial charge in [0.1, 0.15) is 0 Å². The number of amides is 1. The molecule has 1 aliphatic carbocycles. The number of nitrogens with one attached hydrogen (secondary N) is 1. The molecule has 132 valence electrons. The van der Waals surface area contributed by atoms with Crippen LogP contribution in [-0.4, -0.2) is 38.8 Å². The second-order valence-corrected chi connectivity index (χ2v) is 6.20. The average molecular weight is 349 g/mol. The third-order valence-electron chi connectivity index (χ3n) is 4.48. The topological polar surface area (TPSA) is 81.9 Å². The van der Waals surface area contributed by atoms with Crippen LogP contribution < -0.4 is 10.1 Å². The average Bonchev–Trinajstić information content (AvgIpc) is 3.11. The molecule has 7 heteroatoms. The van der Waals surface area contributed by atoms with E-state index in [2.05, 4.69) is 20.4 Å². The van der Waals surface area contributed by atoms with E-state index in [0.717, 1.165) is 36.3 Å². The summed E-state index contributed by atoms with van der Waals surface area (Å²) in [6.45, 7) is 0. The molecule has 1 amide bonds. The van der Waals surface area contributed by atoms with E-state index in [-0.39, 0.29) is 11.9 Å². The summed E-state index contributed by atoms with van der Waals surface area (Å²) in [5.74, 6) is 0.357. The van der Waals surface area contributed by atoms with Crippen molar-refractivity contribution < 1.29 is 9.53 Å². The number of methoxy groups -OCH3 is 1. The summed E-state index contributed by atoms with van der Waals surface area (Å²) in [6.07, 6.45) is 6.60. The van der Waals surface area contributed by atoms with Crippen molar-refractivity contribution in [3.63, 3.8) is 0 Å². The molecule has 0 bridgehead atoms. The molecule has 3 aromatic rings. The first kappa shape index (κ1) is 16.3. The fourth-order valence-corrected chi connectivity index (χ4v) is 2.82. The summed E-state index contributed by atoms with van der Waals surface area (Å²) >= 11 is 0. The Kier molecular flexibility index (Phi) is 4.35. The zero-order chi connectivity index (χ0) is 17.9. The third-order valence-corrected chi connectivity index (χ3v) is 4.48. The number of pyridine rings is 2. The first-order valence-corrected chi connectivity index (χ1v) is 8.57. The van der Waals surface area contributed by atoms with E-state index in [1.807, 2.05) is 24.3 Å². The van der Waals surface area contributed by atoms with Crippen LogP contribution in [0.5, 0.6) is 5.88 Å². The summed E-state index contributed by atoms with van der Waals surface area (Å²) in [7, 11) is 1.57. The molecule has 1 N–H and O–H groups in total. The molecule has 1 fully saturated rings. The number of rotatable bonds is 5. The molecule has 1 aliphatic rings. The number of hydrogen-bond donors (Lipinski definition) is 1. The van der Waals surface area contributed by atoms with E-state index < -0.39 is 0 Å². The summed E-state index contributed by atoms with van der Waals surface area (Å²) in [4.78, 5) is 21.2. The molecule has 4 rings (SSSR count). The molecular weight excluding hydrogens is 330 g/mol. The predicted octanol–water partition coefficient (Wildman–Crippen LogP) is 2.62. The first-order valence-electron chi connectivity index (χ1n) is 8.57. The number of carbonyl (C=O) groups excluding carboxylic acids is 1. The highest BCUT2D eigenvalue weighted by molar-refractivity contribution is 5.93. The Balaban J connectivity index is 1.73. The van der Waals surface area contributed by atoms with Crippen molar-refractivity contribution in [2.24, 2.45) is 0 Å². The maximum absolute atomic E-state index is 12.5. The molecule has 0 radical (unpaired) electrons. The van der Waals surface area contributed by atoms with Crippen LogP contribution in [0.4, 0.5) is 0 Å². The molecule has 3 heterocycles. The smallest absolute Gasteiger partial charge is 0.272 e. The molecule has 0 spiro atoms. The molecule has 0 atom stereocenters. The number of nitrogens with zero attached hydrogens (tertiary/aromatic N) is 4. The molecule has 0 aliphatic heterocycles. The van der Waals surface area contributed by atoms with E-state index in [9.17, 15) is 4.79 Å². The van der Waals surface area contributed by atoms with Crippen molar-refractivity contribution in [3.05, 3.63) is 54.5 Å². The van der Waals surface area contributed by atoms with E-state index >= 15 is 0 Å². The van der Waals surface area contributed by atoms with Crippen LogP contribution in [0.1, 0.15) is 29.8 Å². The van der Waals surface area contributed by atoms with Crippen LogP contribution in [0.25, 0.3) is 17.1 Å². The highest BCUT2D eigenvalue weighted by atomic mass is 16.5. The fourth-order valence-electron chi connectivity index (χ4n) is 2.82. The molecule has 0 aromatic carbocycles. The Bertz CT molecular complexity index is 901. The van der Waals surface area contributed by atoms with Gasteiger partial charge in [0.25, 0.3) is 5.91 Å². The van der Waals surface area contributed by atoms with Crippen molar-refractivity contribution in [1.29, 1.82) is 0 Å². The summed E-state index contributed by atoms with van der Waals surface area (Å²) in [5.41, 5.74) is 2.57. The predicted molar refractivity (Wildman–Crippen MR) is 96.2 cm³/mol. The van der Waals surface area contributed by atoms with Gasteiger partial charge in [0.2, 0.25) is 5.88 Å². The van der Waals surface area contributed by atoms with E-state index in [1.165, 1.54) is 0 Å². The highest BCUT2D eigenvalue weighted by Crippen LogP contribution is 2.24. The molecule has 1 saturated carbocycles. The van der Waals surface area contributed by atoms with Gasteiger partial charge in [-0.3, -0.25) is 9.78 Å². The van der Waals surface area contributed by atoms with E-state index in [1.54, 1.807) is 36.3 Å². The molecule has 0 saturated heterocycles. The first-order chi connectivity index (χ1) is 12.7. The van der Waals surface area contributed by atoms with Crippen LogP contribution in [0.2, 0.25) is 0 Å². The van der Waals surface area contributed by atoms with Crippen LogP contribution in [0, 0.1) is 0 Å². The standard InChI is InChI=1S/C19H19N5O2/c1-26-18-9-8-14(12-21-18)24-17(15-7-2-3-10-20-15)11-16(23-24)19(25)22-13-5-4-6-13/h2-3,7-13H,4-6H2,1H3,(H,22,25). The summed E-state index contributed by atoms with van der Waals surface area (Å²) < 4.78 is 6.79. The van der Waals surface area contributed by atoms with Crippen molar-refractivity contribution in [2.45, 2.75) is 25.3 Å². The zero-order valence-corrected chi connectivity index (χ0v) is 14.4. The summed E-state index contributed by atoms with van der Waals surface area (Å²) in [6, 6.07) is 11.3. The minimum absolute atomic E-state index is 0.160. The fraction of sp³-hybridized carbons (Fsp3) is 0.263. The highest BCUT2D eigenvalue weighted by Gasteiger charge is 2.23. The lowest BCUT2D eigenvalue weighted by atomic mass is 9.93. The second-order valence-electron chi connectivity index (χ2n) is 6.20. The van der Waals surface area contributed by atoms with Crippen molar-refractivity contribution >= 4 is 5.91 Å². The largest absolute Gasteiger partial charge is 0.481 e. The Hall–Kier alpha value is -3.22. The molecular formula is C19H19N5O2. The quantitative estimate of drug-likeness (QED) is 0.766. The van der Waals surface area contributed by atoms with Crippen molar-refractivity contribution in [3.8, 4) is 23.0 Å². The van der Waals surface area contributed by atoms with Crippen LogP contribution in [0.3, 0.4) is 0 Å². The van der Waals surface area contributed by atoms with Gasteiger partial charge in [-0.05, 0) is 43.5 Å². The lowest BCUT2D eigenvalue weighted by molar-refractivity contribution is 0.0911. The Morgan fingerprint density at radius 1 is 1.23 bits per heavy atom. The minimum Gasteiger partial charge on any atom is -0.481 e. The second kappa shape index (κ2) is 6.95.